The summed E-state index contributed by atoms with van der Waals surface area (Å²) in [5.74, 6) is 0.608. The Morgan fingerprint density at radius 3 is 1.80 bits per heavy atom. The molecule has 0 amide bonds. The molecule has 0 aliphatic rings. The van der Waals surface area contributed by atoms with E-state index in [9.17, 15) is 13.2 Å². The van der Waals surface area contributed by atoms with Crippen LogP contribution in [-0.2, 0) is 0 Å². The zero-order valence-corrected chi connectivity index (χ0v) is 14.1. The average molecular weight is 350 g/mol. The molecule has 0 fully saturated rings. The van der Waals surface area contributed by atoms with E-state index >= 15 is 0 Å². The van der Waals surface area contributed by atoms with Gasteiger partial charge in [0.05, 0.1) is 6.61 Å². The molecule has 0 bridgehead atoms. The maximum absolute atomic E-state index is 12.1. The second-order valence-electron chi connectivity index (χ2n) is 5.57. The quantitative estimate of drug-likeness (QED) is 0.409. The van der Waals surface area contributed by atoms with E-state index in [1.807, 2.05) is 36.4 Å². The Morgan fingerprint density at radius 2 is 1.32 bits per heavy atom. The van der Waals surface area contributed by atoms with Gasteiger partial charge in [-0.25, -0.2) is 0 Å². The monoisotopic (exact) mass is 350 g/mol. The van der Waals surface area contributed by atoms with Gasteiger partial charge in [0.1, 0.15) is 11.5 Å². The minimum atomic E-state index is -4.67. The zero-order chi connectivity index (χ0) is 18.1. The van der Waals surface area contributed by atoms with Crippen LogP contribution in [-0.4, -0.2) is 13.0 Å². The van der Waals surface area contributed by atoms with Gasteiger partial charge in [-0.3, -0.25) is 0 Å². The van der Waals surface area contributed by atoms with Crippen molar-refractivity contribution in [1.82, 2.24) is 0 Å². The molecule has 0 N–H and O–H groups in total. The molecule has 2 aromatic carbocycles. The van der Waals surface area contributed by atoms with Crippen LogP contribution in [0.25, 0.3) is 12.2 Å². The maximum Gasteiger partial charge on any atom is 0.573 e. The summed E-state index contributed by atoms with van der Waals surface area (Å²) >= 11 is 0. The average Bonchev–Trinajstić information content (AvgIpc) is 2.58. The predicted octanol–water partition coefficient (Wildman–Crippen LogP) is 6.32. The molecule has 0 spiro atoms. The molecule has 0 saturated heterocycles. The highest BCUT2D eigenvalue weighted by molar-refractivity contribution is 5.70. The Balaban J connectivity index is 1.88. The number of unbranched alkanes of at least 4 members (excludes halogenated alkanes) is 2. The van der Waals surface area contributed by atoms with Gasteiger partial charge in [-0.05, 0) is 41.8 Å². The lowest BCUT2D eigenvalue weighted by Gasteiger charge is -2.08. The van der Waals surface area contributed by atoms with Crippen molar-refractivity contribution in [3.63, 3.8) is 0 Å². The summed E-state index contributed by atoms with van der Waals surface area (Å²) in [5.41, 5.74) is 1.77. The summed E-state index contributed by atoms with van der Waals surface area (Å²) < 4.78 is 45.8. The molecular weight excluding hydrogens is 329 g/mol. The van der Waals surface area contributed by atoms with Crippen molar-refractivity contribution in [3.8, 4) is 11.5 Å². The maximum atomic E-state index is 12.1. The molecule has 0 saturated carbocycles. The Labute approximate surface area is 145 Å². The van der Waals surface area contributed by atoms with Crippen molar-refractivity contribution >= 4 is 12.2 Å². The van der Waals surface area contributed by atoms with Gasteiger partial charge in [-0.15, -0.1) is 13.2 Å². The number of halogens is 3. The summed E-state index contributed by atoms with van der Waals surface area (Å²) in [6.07, 6.45) is 2.42. The molecule has 0 aliphatic carbocycles. The lowest BCUT2D eigenvalue weighted by molar-refractivity contribution is -0.274. The van der Waals surface area contributed by atoms with Crippen molar-refractivity contribution in [2.75, 3.05) is 6.61 Å². The van der Waals surface area contributed by atoms with Crippen LogP contribution in [0.4, 0.5) is 13.2 Å². The standard InChI is InChI=1S/C20H21F3O2/c1-2-3-4-15-24-18-11-7-16(8-12-18)5-6-17-9-13-19(14-10-17)25-20(21,22)23/h5-14H,2-4,15H2,1H3/b6-5+. The van der Waals surface area contributed by atoms with E-state index in [2.05, 4.69) is 11.7 Å². The van der Waals surface area contributed by atoms with Gasteiger partial charge in [0.25, 0.3) is 0 Å². The summed E-state index contributed by atoms with van der Waals surface area (Å²) in [6.45, 7) is 2.87. The zero-order valence-electron chi connectivity index (χ0n) is 14.1. The van der Waals surface area contributed by atoms with Crippen LogP contribution in [0.1, 0.15) is 37.3 Å². The van der Waals surface area contributed by atoms with Gasteiger partial charge >= 0.3 is 6.36 Å². The summed E-state index contributed by atoms with van der Waals surface area (Å²) in [4.78, 5) is 0. The number of benzene rings is 2. The van der Waals surface area contributed by atoms with Gasteiger partial charge in [0.15, 0.2) is 0 Å². The second kappa shape index (κ2) is 9.16. The van der Waals surface area contributed by atoms with Crippen LogP contribution >= 0.6 is 0 Å². The van der Waals surface area contributed by atoms with Gasteiger partial charge in [-0.1, -0.05) is 56.2 Å². The van der Waals surface area contributed by atoms with Gasteiger partial charge < -0.3 is 9.47 Å². The first-order chi connectivity index (χ1) is 12.0. The molecule has 0 aliphatic heterocycles. The highest BCUT2D eigenvalue weighted by atomic mass is 19.4. The van der Waals surface area contributed by atoms with E-state index in [1.165, 1.54) is 12.1 Å². The van der Waals surface area contributed by atoms with Crippen molar-refractivity contribution in [1.29, 1.82) is 0 Å². The van der Waals surface area contributed by atoms with E-state index in [0.717, 1.165) is 42.7 Å². The van der Waals surface area contributed by atoms with Gasteiger partial charge in [-0.2, -0.15) is 0 Å². The molecule has 0 radical (unpaired) electrons. The van der Waals surface area contributed by atoms with Crippen LogP contribution in [0.2, 0.25) is 0 Å². The number of hydrogen-bond acceptors (Lipinski definition) is 2. The molecule has 2 aromatic rings. The number of hydrogen-bond donors (Lipinski definition) is 0. The molecule has 134 valence electrons. The Morgan fingerprint density at radius 1 is 0.800 bits per heavy atom. The normalized spacial score (nSPS) is 11.7. The first kappa shape index (κ1) is 18.9. The Kier molecular flexibility index (Phi) is 6.92. The molecule has 0 aromatic heterocycles. The van der Waals surface area contributed by atoms with E-state index in [1.54, 1.807) is 12.1 Å². The van der Waals surface area contributed by atoms with Crippen LogP contribution in [0.5, 0.6) is 11.5 Å². The fourth-order valence-corrected chi connectivity index (χ4v) is 2.19. The van der Waals surface area contributed by atoms with E-state index < -0.39 is 6.36 Å². The van der Waals surface area contributed by atoms with Crippen LogP contribution in [0.3, 0.4) is 0 Å². The lowest BCUT2D eigenvalue weighted by Crippen LogP contribution is -2.16. The van der Waals surface area contributed by atoms with E-state index in [-0.39, 0.29) is 5.75 Å². The van der Waals surface area contributed by atoms with Crippen molar-refractivity contribution < 1.29 is 22.6 Å². The van der Waals surface area contributed by atoms with Crippen molar-refractivity contribution in [2.45, 2.75) is 32.5 Å². The first-order valence-electron chi connectivity index (χ1n) is 8.23. The van der Waals surface area contributed by atoms with Gasteiger partial charge in [0.2, 0.25) is 0 Å². The summed E-state index contributed by atoms with van der Waals surface area (Å²) in [7, 11) is 0. The molecule has 0 unspecified atom stereocenters. The molecule has 5 heteroatoms. The number of ether oxygens (including phenoxy) is 2. The number of rotatable bonds is 8. The van der Waals surface area contributed by atoms with E-state index in [0.29, 0.717) is 0 Å². The molecule has 2 rings (SSSR count). The third-order valence-corrected chi connectivity index (χ3v) is 3.48. The van der Waals surface area contributed by atoms with Crippen LogP contribution in [0.15, 0.2) is 48.5 Å². The summed E-state index contributed by atoms with van der Waals surface area (Å²) in [5, 5.41) is 0. The molecule has 25 heavy (non-hydrogen) atoms. The molecule has 0 heterocycles. The topological polar surface area (TPSA) is 18.5 Å². The predicted molar refractivity (Wildman–Crippen MR) is 93.5 cm³/mol. The first-order valence-corrected chi connectivity index (χ1v) is 8.23. The minimum absolute atomic E-state index is 0.228. The Bertz CT molecular complexity index is 659. The van der Waals surface area contributed by atoms with Gasteiger partial charge in [0, 0.05) is 0 Å². The smallest absolute Gasteiger partial charge is 0.494 e. The number of alkyl halides is 3. The van der Waals surface area contributed by atoms with Crippen LogP contribution in [0, 0.1) is 0 Å². The fourth-order valence-electron chi connectivity index (χ4n) is 2.19. The summed E-state index contributed by atoms with van der Waals surface area (Å²) in [6, 6.07) is 13.4. The van der Waals surface area contributed by atoms with Crippen molar-refractivity contribution in [2.24, 2.45) is 0 Å². The third-order valence-electron chi connectivity index (χ3n) is 3.48. The lowest BCUT2D eigenvalue weighted by atomic mass is 10.1. The largest absolute Gasteiger partial charge is 0.573 e. The SMILES string of the molecule is CCCCCOc1ccc(/C=C/c2ccc(OC(F)(F)F)cc2)cc1. The fraction of sp³-hybridized carbons (Fsp3) is 0.300. The Hall–Kier alpha value is -2.43. The molecular formula is C20H21F3O2. The van der Waals surface area contributed by atoms with Crippen LogP contribution < -0.4 is 9.47 Å². The molecule has 0 atom stereocenters. The third kappa shape index (κ3) is 7.33. The van der Waals surface area contributed by atoms with Crippen molar-refractivity contribution in [3.05, 3.63) is 59.7 Å². The van der Waals surface area contributed by atoms with E-state index in [4.69, 9.17) is 4.74 Å². The molecule has 2 nitrogen and oxygen atoms in total. The second-order valence-corrected chi connectivity index (χ2v) is 5.57. The highest BCUT2D eigenvalue weighted by Crippen LogP contribution is 2.23. The highest BCUT2D eigenvalue weighted by Gasteiger charge is 2.30. The minimum Gasteiger partial charge on any atom is -0.494 e.